The second-order valence-electron chi connectivity index (χ2n) is 5.25. The number of ether oxygens (including phenoxy) is 2. The zero-order valence-corrected chi connectivity index (χ0v) is 13.4. The SMILES string of the molecule is COc1cc(/C=C2/Cc3ccccc3C2=O)cc(Cl)c1OC(F)F. The van der Waals surface area contributed by atoms with Crippen molar-refractivity contribution in [1.29, 1.82) is 0 Å². The number of alkyl halides is 2. The van der Waals surface area contributed by atoms with Crippen molar-refractivity contribution in [1.82, 2.24) is 0 Å². The van der Waals surface area contributed by atoms with Gasteiger partial charge in [-0.25, -0.2) is 0 Å². The topological polar surface area (TPSA) is 35.5 Å². The van der Waals surface area contributed by atoms with Crippen LogP contribution in [0.1, 0.15) is 21.5 Å². The summed E-state index contributed by atoms with van der Waals surface area (Å²) in [6, 6.07) is 10.4. The fraction of sp³-hybridized carbons (Fsp3) is 0.167. The number of fused-ring (bicyclic) bond motifs is 1. The maximum Gasteiger partial charge on any atom is 0.387 e. The normalized spacial score (nSPS) is 15.0. The van der Waals surface area contributed by atoms with E-state index in [0.29, 0.717) is 23.1 Å². The Bertz CT molecular complexity index is 831. The molecule has 2 aromatic rings. The predicted octanol–water partition coefficient (Wildman–Crippen LogP) is 4.77. The number of ketones is 1. The lowest BCUT2D eigenvalue weighted by Crippen LogP contribution is -2.04. The maximum absolute atomic E-state index is 12.5. The molecule has 0 fully saturated rings. The molecule has 0 aromatic heterocycles. The highest BCUT2D eigenvalue weighted by atomic mass is 35.5. The lowest BCUT2D eigenvalue weighted by molar-refractivity contribution is -0.0511. The number of rotatable bonds is 4. The molecule has 0 bridgehead atoms. The minimum atomic E-state index is -3.01. The maximum atomic E-state index is 12.5. The molecule has 0 heterocycles. The molecule has 1 aliphatic rings. The molecule has 0 saturated heterocycles. The Morgan fingerprint density at radius 3 is 2.67 bits per heavy atom. The fourth-order valence-electron chi connectivity index (χ4n) is 2.70. The van der Waals surface area contributed by atoms with Gasteiger partial charge in [-0.3, -0.25) is 4.79 Å². The highest BCUT2D eigenvalue weighted by molar-refractivity contribution is 6.32. The molecule has 2 aromatic carbocycles. The van der Waals surface area contributed by atoms with E-state index in [1.807, 2.05) is 18.2 Å². The summed E-state index contributed by atoms with van der Waals surface area (Å²) in [4.78, 5) is 12.4. The summed E-state index contributed by atoms with van der Waals surface area (Å²) in [6.07, 6.45) is 2.20. The molecular weight excluding hydrogens is 338 g/mol. The number of halogens is 3. The van der Waals surface area contributed by atoms with Gasteiger partial charge in [-0.1, -0.05) is 35.9 Å². The molecule has 3 nitrogen and oxygen atoms in total. The van der Waals surface area contributed by atoms with Crippen molar-refractivity contribution in [3.63, 3.8) is 0 Å². The van der Waals surface area contributed by atoms with Crippen LogP contribution in [0, 0.1) is 0 Å². The third-order valence-electron chi connectivity index (χ3n) is 3.73. The van der Waals surface area contributed by atoms with E-state index in [1.54, 1.807) is 12.1 Å². The van der Waals surface area contributed by atoms with E-state index in [2.05, 4.69) is 4.74 Å². The highest BCUT2D eigenvalue weighted by Gasteiger charge is 2.24. The van der Waals surface area contributed by atoms with Gasteiger partial charge >= 0.3 is 6.61 Å². The third-order valence-corrected chi connectivity index (χ3v) is 4.01. The van der Waals surface area contributed by atoms with Gasteiger partial charge in [0, 0.05) is 17.6 Å². The summed E-state index contributed by atoms with van der Waals surface area (Å²) in [5.41, 5.74) is 2.83. The molecule has 0 unspecified atom stereocenters. The van der Waals surface area contributed by atoms with E-state index in [4.69, 9.17) is 16.3 Å². The summed E-state index contributed by atoms with van der Waals surface area (Å²) in [7, 11) is 1.33. The van der Waals surface area contributed by atoms with Crippen LogP contribution in [-0.2, 0) is 6.42 Å². The van der Waals surface area contributed by atoms with Crippen molar-refractivity contribution >= 4 is 23.5 Å². The van der Waals surface area contributed by atoms with Crippen molar-refractivity contribution in [2.24, 2.45) is 0 Å². The molecular formula is C18H13ClF2O3. The molecule has 0 atom stereocenters. The molecule has 0 amide bonds. The van der Waals surface area contributed by atoms with Crippen molar-refractivity contribution in [2.75, 3.05) is 7.11 Å². The fourth-order valence-corrected chi connectivity index (χ4v) is 2.96. The number of hydrogen-bond donors (Lipinski definition) is 0. The Hall–Kier alpha value is -2.40. The van der Waals surface area contributed by atoms with Crippen LogP contribution in [0.4, 0.5) is 8.78 Å². The highest BCUT2D eigenvalue weighted by Crippen LogP contribution is 2.38. The van der Waals surface area contributed by atoms with Gasteiger partial charge in [0.1, 0.15) is 0 Å². The monoisotopic (exact) mass is 350 g/mol. The lowest BCUT2D eigenvalue weighted by Gasteiger charge is -2.12. The van der Waals surface area contributed by atoms with Crippen LogP contribution >= 0.6 is 11.6 Å². The van der Waals surface area contributed by atoms with E-state index in [-0.39, 0.29) is 22.3 Å². The van der Waals surface area contributed by atoms with Crippen molar-refractivity contribution in [2.45, 2.75) is 13.0 Å². The van der Waals surface area contributed by atoms with Crippen LogP contribution in [0.15, 0.2) is 42.0 Å². The number of methoxy groups -OCH3 is 1. The number of Topliss-reactive ketones (excluding diaryl/α,β-unsaturated/α-hetero) is 1. The summed E-state index contributed by atoms with van der Waals surface area (Å²) < 4.78 is 34.4. The number of allylic oxidation sites excluding steroid dienone is 1. The third kappa shape index (κ3) is 3.12. The second-order valence-corrected chi connectivity index (χ2v) is 5.65. The molecule has 0 spiro atoms. The van der Waals surface area contributed by atoms with E-state index < -0.39 is 6.61 Å². The van der Waals surface area contributed by atoms with Crippen molar-refractivity contribution in [3.05, 3.63) is 63.7 Å². The number of carbonyl (C=O) groups excluding carboxylic acids is 1. The van der Waals surface area contributed by atoms with Gasteiger partial charge < -0.3 is 9.47 Å². The Balaban J connectivity index is 1.97. The first kappa shape index (κ1) is 16.5. The Morgan fingerprint density at radius 1 is 1.25 bits per heavy atom. The smallest absolute Gasteiger partial charge is 0.387 e. The van der Waals surface area contributed by atoms with E-state index in [1.165, 1.54) is 19.2 Å². The second kappa shape index (κ2) is 6.61. The van der Waals surface area contributed by atoms with E-state index in [0.717, 1.165) is 5.56 Å². The molecule has 0 N–H and O–H groups in total. The van der Waals surface area contributed by atoms with E-state index in [9.17, 15) is 13.6 Å². The van der Waals surface area contributed by atoms with Crippen LogP contribution in [0.25, 0.3) is 6.08 Å². The molecule has 0 aliphatic heterocycles. The Labute approximate surface area is 142 Å². The van der Waals surface area contributed by atoms with Crippen molar-refractivity contribution in [3.8, 4) is 11.5 Å². The molecule has 6 heteroatoms. The van der Waals surface area contributed by atoms with Gasteiger partial charge in [0.2, 0.25) is 0 Å². The number of carbonyl (C=O) groups is 1. The van der Waals surface area contributed by atoms with Gasteiger partial charge in [-0.2, -0.15) is 8.78 Å². The summed E-state index contributed by atoms with van der Waals surface area (Å²) >= 11 is 6.02. The molecule has 124 valence electrons. The molecule has 0 saturated carbocycles. The van der Waals surface area contributed by atoms with Crippen LogP contribution in [0.3, 0.4) is 0 Å². The first-order valence-electron chi connectivity index (χ1n) is 7.15. The van der Waals surface area contributed by atoms with E-state index >= 15 is 0 Å². The van der Waals surface area contributed by atoms with Crippen molar-refractivity contribution < 1.29 is 23.0 Å². The van der Waals surface area contributed by atoms with Crippen LogP contribution in [0.2, 0.25) is 5.02 Å². The average molecular weight is 351 g/mol. The average Bonchev–Trinajstić information content (AvgIpc) is 2.86. The zero-order chi connectivity index (χ0) is 17.3. The van der Waals surface area contributed by atoms with Crippen LogP contribution in [-0.4, -0.2) is 19.5 Å². The minimum absolute atomic E-state index is 0.00976. The standard InChI is InChI=1S/C18H13ClF2O3/c1-23-15-8-10(7-14(19)17(15)24-18(20)21)6-12-9-11-4-2-3-5-13(11)16(12)22/h2-8,18H,9H2,1H3/b12-6-. The Morgan fingerprint density at radius 2 is 2.00 bits per heavy atom. The zero-order valence-electron chi connectivity index (χ0n) is 12.7. The first-order chi connectivity index (χ1) is 11.5. The van der Waals surface area contributed by atoms with Gasteiger partial charge in [-0.15, -0.1) is 0 Å². The molecule has 0 radical (unpaired) electrons. The first-order valence-corrected chi connectivity index (χ1v) is 7.53. The largest absolute Gasteiger partial charge is 0.493 e. The van der Waals surface area contributed by atoms with Gasteiger partial charge in [-0.05, 0) is 29.3 Å². The van der Waals surface area contributed by atoms with Crippen LogP contribution < -0.4 is 9.47 Å². The summed E-state index contributed by atoms with van der Waals surface area (Å²) in [6.45, 7) is -3.01. The van der Waals surface area contributed by atoms with Crippen LogP contribution in [0.5, 0.6) is 11.5 Å². The number of hydrogen-bond acceptors (Lipinski definition) is 3. The molecule has 24 heavy (non-hydrogen) atoms. The summed E-state index contributed by atoms with van der Waals surface area (Å²) in [5, 5.41) is -0.00976. The quantitative estimate of drug-likeness (QED) is 0.745. The Kier molecular flexibility index (Phi) is 4.53. The van der Waals surface area contributed by atoms with Gasteiger partial charge in [0.15, 0.2) is 17.3 Å². The molecule has 3 rings (SSSR count). The predicted molar refractivity (Wildman–Crippen MR) is 87.1 cm³/mol. The lowest BCUT2D eigenvalue weighted by atomic mass is 10.1. The van der Waals surface area contributed by atoms with Gasteiger partial charge in [0.05, 0.1) is 12.1 Å². The van der Waals surface area contributed by atoms with Gasteiger partial charge in [0.25, 0.3) is 0 Å². The molecule has 1 aliphatic carbocycles. The minimum Gasteiger partial charge on any atom is -0.493 e. The number of benzene rings is 2. The summed E-state index contributed by atoms with van der Waals surface area (Å²) in [5.74, 6) is -0.191.